The minimum Gasteiger partial charge on any atom is -0.326 e. The minimum absolute atomic E-state index is 0.0625. The number of anilines is 6. The van der Waals surface area contributed by atoms with Crippen molar-refractivity contribution in [2.24, 2.45) is 0 Å². The molecule has 0 atom stereocenters. The molecule has 3 amide bonds. The smallest absolute Gasteiger partial charge is 0.224 e. The van der Waals surface area contributed by atoms with Crippen LogP contribution in [-0.4, -0.2) is 17.7 Å². The van der Waals surface area contributed by atoms with Gasteiger partial charge in [-0.15, -0.1) is 0 Å². The van der Waals surface area contributed by atoms with Gasteiger partial charge in [0.15, 0.2) is 0 Å². The molecule has 3 aromatic rings. The van der Waals surface area contributed by atoms with Crippen molar-refractivity contribution in [3.8, 4) is 0 Å². The van der Waals surface area contributed by atoms with Crippen molar-refractivity contribution >= 4 is 51.8 Å². The highest BCUT2D eigenvalue weighted by molar-refractivity contribution is 5.93. The van der Waals surface area contributed by atoms with E-state index in [0.29, 0.717) is 19.3 Å². The van der Waals surface area contributed by atoms with E-state index in [-0.39, 0.29) is 17.7 Å². The maximum absolute atomic E-state index is 13.0. The third-order valence-corrected chi connectivity index (χ3v) is 15.5. The molecule has 7 heteroatoms. The van der Waals surface area contributed by atoms with Crippen molar-refractivity contribution in [3.63, 3.8) is 0 Å². The molecule has 428 valence electrons. The topological polar surface area (TPSA) is 90.5 Å². The number of nitrogens with one attached hydrogen (secondary N) is 3. The van der Waals surface area contributed by atoms with Gasteiger partial charge in [-0.3, -0.25) is 14.4 Å². The average molecular weight is 1050 g/mol. The second kappa shape index (κ2) is 46.9. The van der Waals surface area contributed by atoms with Gasteiger partial charge in [0.2, 0.25) is 17.7 Å². The Labute approximate surface area is 467 Å². The van der Waals surface area contributed by atoms with Crippen molar-refractivity contribution in [2.45, 2.75) is 310 Å². The van der Waals surface area contributed by atoms with E-state index in [9.17, 15) is 14.4 Å². The molecule has 3 aromatic carbocycles. The highest BCUT2D eigenvalue weighted by atomic mass is 16.2. The average Bonchev–Trinajstić information content (AvgIpc) is 3.43. The van der Waals surface area contributed by atoms with Crippen molar-refractivity contribution in [2.75, 3.05) is 20.9 Å². The summed E-state index contributed by atoms with van der Waals surface area (Å²) in [6, 6.07) is 24.1. The predicted octanol–water partition coefficient (Wildman–Crippen LogP) is 22.6. The van der Waals surface area contributed by atoms with E-state index < -0.39 is 0 Å². The van der Waals surface area contributed by atoms with Gasteiger partial charge in [0.1, 0.15) is 0 Å². The number of hydrogen-bond acceptors (Lipinski definition) is 4. The van der Waals surface area contributed by atoms with Gasteiger partial charge >= 0.3 is 0 Å². The Kier molecular flexibility index (Phi) is 40.8. The lowest BCUT2D eigenvalue weighted by molar-refractivity contribution is -0.117. The highest BCUT2D eigenvalue weighted by Crippen LogP contribution is 2.36. The maximum Gasteiger partial charge on any atom is 0.224 e. The fourth-order valence-electron chi connectivity index (χ4n) is 10.6. The molecule has 0 aliphatic carbocycles. The summed E-state index contributed by atoms with van der Waals surface area (Å²) in [5.41, 5.74) is 5.17. The molecule has 0 radical (unpaired) electrons. The minimum atomic E-state index is 0.0625. The Bertz CT molecular complexity index is 1610. The normalized spacial score (nSPS) is 11.2. The molecule has 3 N–H and O–H groups in total. The summed E-state index contributed by atoms with van der Waals surface area (Å²) in [6.07, 6.45) is 56.2. The molecule has 0 bridgehead atoms. The van der Waals surface area contributed by atoms with Crippen LogP contribution in [0.15, 0.2) is 72.8 Å². The summed E-state index contributed by atoms with van der Waals surface area (Å²) in [7, 11) is 0. The Hall–Kier alpha value is -4.13. The Morgan fingerprint density at radius 3 is 0.579 bits per heavy atom. The van der Waals surface area contributed by atoms with E-state index in [0.717, 1.165) is 72.6 Å². The third kappa shape index (κ3) is 34.6. The lowest BCUT2D eigenvalue weighted by atomic mass is 10.0. The van der Waals surface area contributed by atoms with E-state index in [1.54, 1.807) is 0 Å². The summed E-state index contributed by atoms with van der Waals surface area (Å²) in [5.74, 6) is 0.188. The molecule has 0 aliphatic heterocycles. The first kappa shape index (κ1) is 66.2. The van der Waals surface area contributed by atoms with E-state index >= 15 is 0 Å². The molecular weight excluding hydrogens is 933 g/mol. The van der Waals surface area contributed by atoms with Crippen LogP contribution in [0.25, 0.3) is 0 Å². The van der Waals surface area contributed by atoms with Crippen molar-refractivity contribution in [1.82, 2.24) is 0 Å². The number of rotatable bonds is 51. The fraction of sp³-hybridized carbons (Fsp3) is 0.696. The van der Waals surface area contributed by atoms with E-state index in [4.69, 9.17) is 0 Å². The number of benzene rings is 3. The molecule has 76 heavy (non-hydrogen) atoms. The van der Waals surface area contributed by atoms with Crippen molar-refractivity contribution < 1.29 is 14.4 Å². The summed E-state index contributed by atoms with van der Waals surface area (Å²) in [4.78, 5) is 41.1. The zero-order valence-corrected chi connectivity index (χ0v) is 49.4. The van der Waals surface area contributed by atoms with Crippen molar-refractivity contribution in [3.05, 3.63) is 72.8 Å². The second-order valence-corrected chi connectivity index (χ2v) is 22.7. The van der Waals surface area contributed by atoms with Gasteiger partial charge in [0, 0.05) is 53.4 Å². The van der Waals surface area contributed by atoms with Gasteiger partial charge in [-0.1, -0.05) is 271 Å². The summed E-state index contributed by atoms with van der Waals surface area (Å²) in [5, 5.41) is 9.39. The Morgan fingerprint density at radius 2 is 0.408 bits per heavy atom. The van der Waals surface area contributed by atoms with Crippen LogP contribution in [0.2, 0.25) is 0 Å². The molecule has 0 heterocycles. The van der Waals surface area contributed by atoms with Crippen LogP contribution in [0, 0.1) is 0 Å². The Balaban J connectivity index is 1.46. The number of nitrogens with zero attached hydrogens (tertiary/aromatic N) is 1. The molecule has 0 spiro atoms. The molecular formula is C69H114N4O3. The molecule has 0 saturated heterocycles. The van der Waals surface area contributed by atoms with E-state index in [1.165, 1.54) is 231 Å². The first-order chi connectivity index (χ1) is 37.4. The van der Waals surface area contributed by atoms with Gasteiger partial charge < -0.3 is 20.9 Å². The van der Waals surface area contributed by atoms with Crippen LogP contribution in [0.3, 0.4) is 0 Å². The Morgan fingerprint density at radius 1 is 0.250 bits per heavy atom. The third-order valence-electron chi connectivity index (χ3n) is 15.5. The van der Waals surface area contributed by atoms with Crippen LogP contribution in [0.5, 0.6) is 0 Å². The fourth-order valence-corrected chi connectivity index (χ4v) is 10.6. The zero-order chi connectivity index (χ0) is 54.2. The molecule has 0 aliphatic rings. The van der Waals surface area contributed by atoms with Gasteiger partial charge in [-0.25, -0.2) is 0 Å². The number of amides is 3. The number of carbonyl (C=O) groups excluding carboxylic acids is 3. The predicted molar refractivity (Wildman–Crippen MR) is 332 cm³/mol. The maximum atomic E-state index is 13.0. The monoisotopic (exact) mass is 1050 g/mol. The van der Waals surface area contributed by atoms with Crippen LogP contribution in [0.1, 0.15) is 310 Å². The number of hydrogen-bond donors (Lipinski definition) is 3. The van der Waals surface area contributed by atoms with Crippen LogP contribution < -0.4 is 20.9 Å². The summed E-state index contributed by atoms with van der Waals surface area (Å²) in [6.45, 7) is 6.84. The standard InChI is InChI=1S/C69H114N4O3/c1-4-7-10-13-16-19-22-25-28-31-34-37-40-43-46-67(74)70-61-49-55-64(56-50-61)73(65-57-51-62(52-58-65)71-68(75)47-44-41-38-35-32-29-26-23-20-17-14-11-8-5-2)66-59-53-63(54-60-66)72-69(76)48-45-42-39-36-33-30-27-24-21-18-15-12-9-6-3/h49-60H,4-48H2,1-3H3,(H,70,74)(H,71,75)(H,72,76). The lowest BCUT2D eigenvalue weighted by Crippen LogP contribution is -2.14. The van der Waals surface area contributed by atoms with Crippen molar-refractivity contribution in [1.29, 1.82) is 0 Å². The molecule has 0 aromatic heterocycles. The SMILES string of the molecule is CCCCCCCCCCCCCCCCC(=O)Nc1ccc(N(c2ccc(NC(=O)CCCCCCCCCCCCCCCC)cc2)c2ccc(NC(=O)CCCCCCCCCCCCCCCC)cc2)cc1. The molecule has 3 rings (SSSR count). The highest BCUT2D eigenvalue weighted by Gasteiger charge is 2.15. The first-order valence-corrected chi connectivity index (χ1v) is 32.4. The van der Waals surface area contributed by atoms with Gasteiger partial charge in [0.25, 0.3) is 0 Å². The van der Waals surface area contributed by atoms with E-state index in [1.807, 2.05) is 72.8 Å². The largest absolute Gasteiger partial charge is 0.326 e. The quantitative estimate of drug-likeness (QED) is 0.0491. The molecule has 0 saturated carbocycles. The molecule has 0 fully saturated rings. The lowest BCUT2D eigenvalue weighted by Gasteiger charge is -2.26. The molecule has 0 unspecified atom stereocenters. The number of carbonyl (C=O) groups is 3. The summed E-state index contributed by atoms with van der Waals surface area (Å²) >= 11 is 0. The van der Waals surface area contributed by atoms with E-state index in [2.05, 4.69) is 41.6 Å². The second-order valence-electron chi connectivity index (χ2n) is 22.7. The molecule has 7 nitrogen and oxygen atoms in total. The van der Waals surface area contributed by atoms with Crippen LogP contribution in [-0.2, 0) is 14.4 Å². The number of unbranched alkanes of at least 4 members (excludes halogenated alkanes) is 39. The van der Waals surface area contributed by atoms with Crippen LogP contribution in [0.4, 0.5) is 34.1 Å². The zero-order valence-electron chi connectivity index (χ0n) is 49.4. The summed E-state index contributed by atoms with van der Waals surface area (Å²) < 4.78 is 0. The first-order valence-electron chi connectivity index (χ1n) is 32.4. The van der Waals surface area contributed by atoms with Gasteiger partial charge in [-0.2, -0.15) is 0 Å². The van der Waals surface area contributed by atoms with Crippen LogP contribution >= 0.6 is 0 Å². The van der Waals surface area contributed by atoms with Gasteiger partial charge in [0.05, 0.1) is 0 Å². The van der Waals surface area contributed by atoms with Gasteiger partial charge in [-0.05, 0) is 92.1 Å².